The van der Waals surface area contributed by atoms with Crippen LogP contribution in [0.5, 0.6) is 0 Å². The second-order valence-corrected chi connectivity index (χ2v) is 6.28. The summed E-state index contributed by atoms with van der Waals surface area (Å²) in [5, 5.41) is 12.6. The number of carbonyl (C=O) groups is 1. The number of aromatic nitrogens is 1. The van der Waals surface area contributed by atoms with Crippen LogP contribution < -0.4 is 5.32 Å². The normalized spacial score (nSPS) is 16.3. The second kappa shape index (κ2) is 6.33. The highest BCUT2D eigenvalue weighted by Crippen LogP contribution is 2.29. The largest absolute Gasteiger partial charge is 0.354 e. The molecule has 1 aromatic heterocycles. The Labute approximate surface area is 142 Å². The lowest BCUT2D eigenvalue weighted by Gasteiger charge is -2.00. The molecule has 0 unspecified atom stereocenters. The maximum absolute atomic E-state index is 11.2. The molecule has 2 aromatic carbocycles. The molecule has 4 rings (SSSR count). The van der Waals surface area contributed by atoms with E-state index in [1.54, 1.807) is 6.21 Å². The van der Waals surface area contributed by atoms with Gasteiger partial charge in [-0.15, -0.1) is 5.10 Å². The Hall–Kier alpha value is -2.86. The van der Waals surface area contributed by atoms with Gasteiger partial charge in [0.15, 0.2) is 5.17 Å². The second-order valence-electron chi connectivity index (χ2n) is 5.31. The number of amides is 1. The first kappa shape index (κ1) is 14.7. The van der Waals surface area contributed by atoms with Gasteiger partial charge in [-0.2, -0.15) is 5.10 Å². The number of fused-ring (bicyclic) bond motifs is 1. The average molecular weight is 334 g/mol. The van der Waals surface area contributed by atoms with Crippen molar-refractivity contribution in [2.24, 2.45) is 10.2 Å². The monoisotopic (exact) mass is 334 g/mol. The fourth-order valence-corrected chi connectivity index (χ4v) is 3.28. The lowest BCUT2D eigenvalue weighted by Crippen LogP contribution is -2.19. The summed E-state index contributed by atoms with van der Waals surface area (Å²) in [5.41, 5.74) is 4.12. The van der Waals surface area contributed by atoms with Crippen molar-refractivity contribution < 1.29 is 4.79 Å². The first-order valence-electron chi connectivity index (χ1n) is 7.51. The molecule has 0 spiro atoms. The minimum atomic E-state index is -0.0361. The molecule has 0 saturated carbocycles. The van der Waals surface area contributed by atoms with Gasteiger partial charge in [-0.05, 0) is 11.6 Å². The molecule has 3 aromatic rings. The summed E-state index contributed by atoms with van der Waals surface area (Å²) in [6.45, 7) is 0. The number of benzene rings is 2. The summed E-state index contributed by atoms with van der Waals surface area (Å²) in [4.78, 5) is 14.6. The topological polar surface area (TPSA) is 69.6 Å². The number of aromatic amines is 1. The van der Waals surface area contributed by atoms with E-state index in [0.29, 0.717) is 10.9 Å². The number of rotatable bonds is 3. The lowest BCUT2D eigenvalue weighted by atomic mass is 10.1. The van der Waals surface area contributed by atoms with Crippen LogP contribution in [0.25, 0.3) is 22.2 Å². The zero-order chi connectivity index (χ0) is 16.4. The summed E-state index contributed by atoms with van der Waals surface area (Å²) >= 11 is 1.36. The Bertz CT molecular complexity index is 960. The number of carbonyl (C=O) groups excluding carboxylic acids is 1. The lowest BCUT2D eigenvalue weighted by molar-refractivity contribution is -0.116. The molecule has 0 radical (unpaired) electrons. The molecule has 1 saturated heterocycles. The number of H-pyrrole nitrogens is 1. The van der Waals surface area contributed by atoms with E-state index >= 15 is 0 Å². The number of para-hydroxylation sites is 1. The Kier molecular flexibility index (Phi) is 3.88. The van der Waals surface area contributed by atoms with E-state index in [2.05, 4.69) is 38.7 Å². The maximum atomic E-state index is 11.2. The standard InChI is InChI=1S/C18H14N4OS/c23-16-11-24-18(21-16)22-19-10-14-13-8-4-5-9-15(13)20-17(14)12-6-2-1-3-7-12/h1-10,20H,11H2,(H,21,22,23)/b19-10+. The molecule has 1 aliphatic rings. The zero-order valence-corrected chi connectivity index (χ0v) is 13.5. The minimum absolute atomic E-state index is 0.0361. The van der Waals surface area contributed by atoms with Crippen molar-refractivity contribution in [3.8, 4) is 11.3 Å². The van der Waals surface area contributed by atoms with Crippen molar-refractivity contribution in [2.45, 2.75) is 0 Å². The van der Waals surface area contributed by atoms with E-state index in [0.717, 1.165) is 27.7 Å². The molecule has 5 nitrogen and oxygen atoms in total. The molecule has 0 aliphatic carbocycles. The van der Waals surface area contributed by atoms with Crippen LogP contribution in [0.3, 0.4) is 0 Å². The van der Waals surface area contributed by atoms with Crippen molar-refractivity contribution >= 4 is 40.0 Å². The molecule has 2 N–H and O–H groups in total. The van der Waals surface area contributed by atoms with Crippen molar-refractivity contribution in [1.82, 2.24) is 10.3 Å². The third-order valence-electron chi connectivity index (χ3n) is 3.73. The molecule has 1 aliphatic heterocycles. The van der Waals surface area contributed by atoms with Crippen molar-refractivity contribution in [3.05, 3.63) is 60.2 Å². The van der Waals surface area contributed by atoms with Crippen LogP contribution in [0, 0.1) is 0 Å². The fraction of sp³-hybridized carbons (Fsp3) is 0.0556. The summed E-state index contributed by atoms with van der Waals surface area (Å²) in [5.74, 6) is 0.363. The van der Waals surface area contributed by atoms with Gasteiger partial charge in [0.2, 0.25) is 5.91 Å². The van der Waals surface area contributed by atoms with Gasteiger partial charge in [0.05, 0.1) is 17.7 Å². The molecule has 0 bridgehead atoms. The van der Waals surface area contributed by atoms with Gasteiger partial charge in [-0.25, -0.2) is 0 Å². The van der Waals surface area contributed by atoms with E-state index in [-0.39, 0.29) is 5.91 Å². The molecule has 0 atom stereocenters. The Morgan fingerprint density at radius 3 is 2.62 bits per heavy atom. The van der Waals surface area contributed by atoms with E-state index < -0.39 is 0 Å². The quantitative estimate of drug-likeness (QED) is 0.569. The van der Waals surface area contributed by atoms with E-state index in [1.165, 1.54) is 11.8 Å². The predicted octanol–water partition coefficient (Wildman–Crippen LogP) is 3.39. The first-order valence-corrected chi connectivity index (χ1v) is 8.49. The van der Waals surface area contributed by atoms with Crippen LogP contribution in [0.15, 0.2) is 64.8 Å². The summed E-state index contributed by atoms with van der Waals surface area (Å²) in [6.07, 6.45) is 1.74. The van der Waals surface area contributed by atoms with Gasteiger partial charge in [0.1, 0.15) is 0 Å². The minimum Gasteiger partial charge on any atom is -0.354 e. The van der Waals surface area contributed by atoms with E-state index in [9.17, 15) is 4.79 Å². The smallest absolute Gasteiger partial charge is 0.236 e. The number of nitrogens with zero attached hydrogens (tertiary/aromatic N) is 2. The molecule has 118 valence electrons. The van der Waals surface area contributed by atoms with Gasteiger partial charge < -0.3 is 10.3 Å². The number of amidine groups is 1. The van der Waals surface area contributed by atoms with Crippen molar-refractivity contribution in [2.75, 3.05) is 5.75 Å². The molecule has 2 heterocycles. The fourth-order valence-electron chi connectivity index (χ4n) is 2.65. The van der Waals surface area contributed by atoms with Gasteiger partial charge in [0.25, 0.3) is 0 Å². The van der Waals surface area contributed by atoms with Crippen molar-refractivity contribution in [3.63, 3.8) is 0 Å². The molecule has 1 fully saturated rings. The third kappa shape index (κ3) is 2.83. The number of thioether (sulfide) groups is 1. The average Bonchev–Trinajstić information content (AvgIpc) is 3.20. The van der Waals surface area contributed by atoms with Crippen LogP contribution in [-0.2, 0) is 4.79 Å². The summed E-state index contributed by atoms with van der Waals surface area (Å²) in [6, 6.07) is 18.2. The first-order chi connectivity index (χ1) is 11.8. The van der Waals surface area contributed by atoms with Gasteiger partial charge in [0, 0.05) is 16.5 Å². The predicted molar refractivity (Wildman–Crippen MR) is 99.4 cm³/mol. The van der Waals surface area contributed by atoms with Crippen molar-refractivity contribution in [1.29, 1.82) is 0 Å². The van der Waals surface area contributed by atoms with Gasteiger partial charge in [-0.1, -0.05) is 60.3 Å². The highest BCUT2D eigenvalue weighted by Gasteiger charge is 2.16. The molecule has 1 amide bonds. The molecule has 6 heteroatoms. The Morgan fingerprint density at radius 1 is 1.04 bits per heavy atom. The number of hydrogen-bond donors (Lipinski definition) is 2. The van der Waals surface area contributed by atoms with Crippen LogP contribution in [0.2, 0.25) is 0 Å². The van der Waals surface area contributed by atoms with Crippen LogP contribution in [-0.4, -0.2) is 28.0 Å². The van der Waals surface area contributed by atoms with Crippen LogP contribution in [0.1, 0.15) is 5.56 Å². The SMILES string of the molecule is O=C1CS/C(=N\N=C\c2c(-c3ccccc3)[nH]c3ccccc23)N1. The van der Waals surface area contributed by atoms with Gasteiger partial charge >= 0.3 is 0 Å². The highest BCUT2D eigenvalue weighted by molar-refractivity contribution is 8.15. The highest BCUT2D eigenvalue weighted by atomic mass is 32.2. The Morgan fingerprint density at radius 2 is 1.83 bits per heavy atom. The van der Waals surface area contributed by atoms with Crippen LogP contribution >= 0.6 is 11.8 Å². The van der Waals surface area contributed by atoms with Crippen LogP contribution in [0.4, 0.5) is 0 Å². The summed E-state index contributed by atoms with van der Waals surface area (Å²) in [7, 11) is 0. The zero-order valence-electron chi connectivity index (χ0n) is 12.7. The molecular weight excluding hydrogens is 320 g/mol. The van der Waals surface area contributed by atoms with E-state index in [1.807, 2.05) is 36.4 Å². The molecular formula is C18H14N4OS. The summed E-state index contributed by atoms with van der Waals surface area (Å²) < 4.78 is 0. The Balaban J connectivity index is 1.77. The number of nitrogens with one attached hydrogen (secondary N) is 2. The van der Waals surface area contributed by atoms with Gasteiger partial charge in [-0.3, -0.25) is 4.79 Å². The molecule has 24 heavy (non-hydrogen) atoms. The number of hydrogen-bond acceptors (Lipinski definition) is 4. The maximum Gasteiger partial charge on any atom is 0.236 e. The third-order valence-corrected chi connectivity index (χ3v) is 4.59. The van der Waals surface area contributed by atoms with E-state index in [4.69, 9.17) is 0 Å².